The molecule has 0 amide bonds. The fourth-order valence-electron chi connectivity index (χ4n) is 2.94. The maximum absolute atomic E-state index is 10.2. The number of aliphatic hydroxyl groups is 1. The average Bonchev–Trinajstić information content (AvgIpc) is 2.39. The van der Waals surface area contributed by atoms with E-state index in [0.717, 1.165) is 17.9 Å². The Morgan fingerprint density at radius 2 is 2.05 bits per heavy atom. The molecule has 2 unspecified atom stereocenters. The van der Waals surface area contributed by atoms with Crippen molar-refractivity contribution in [2.75, 3.05) is 11.5 Å². The quantitative estimate of drug-likeness (QED) is 0.839. The molecule has 0 aliphatic heterocycles. The third kappa shape index (κ3) is 4.54. The van der Waals surface area contributed by atoms with Crippen LogP contribution >= 0.6 is 11.8 Å². The lowest BCUT2D eigenvalue weighted by Crippen LogP contribution is -2.19. The molecule has 0 bridgehead atoms. The smallest absolute Gasteiger partial charge is 0.0636 e. The number of fused-ring (bicyclic) bond motifs is 1. The molecule has 1 aliphatic rings. The van der Waals surface area contributed by atoms with Gasteiger partial charge in [0.1, 0.15) is 0 Å². The Balaban J connectivity index is 1.86. The molecule has 2 heteroatoms. The number of thioether (sulfide) groups is 1. The largest absolute Gasteiger partial charge is 0.392 e. The minimum absolute atomic E-state index is 0.153. The number of hydrogen-bond donors (Lipinski definition) is 1. The van der Waals surface area contributed by atoms with Crippen molar-refractivity contribution in [3.8, 4) is 0 Å². The van der Waals surface area contributed by atoms with Gasteiger partial charge in [-0.3, -0.25) is 0 Å². The number of hydrogen-bond acceptors (Lipinski definition) is 2. The van der Waals surface area contributed by atoms with Crippen LogP contribution in [0.5, 0.6) is 0 Å². The molecule has 2 rings (SSSR count). The Hall–Kier alpha value is -0.470. The van der Waals surface area contributed by atoms with Crippen molar-refractivity contribution in [1.29, 1.82) is 0 Å². The molecule has 2 atom stereocenters. The lowest BCUT2D eigenvalue weighted by molar-refractivity contribution is 0.175. The Kier molecular flexibility index (Phi) is 5.77. The molecule has 0 heterocycles. The van der Waals surface area contributed by atoms with Crippen molar-refractivity contribution >= 4 is 11.8 Å². The first kappa shape index (κ1) is 14.9. The summed E-state index contributed by atoms with van der Waals surface area (Å²) < 4.78 is 0. The zero-order valence-corrected chi connectivity index (χ0v) is 13.0. The van der Waals surface area contributed by atoms with Crippen LogP contribution in [-0.2, 0) is 6.42 Å². The van der Waals surface area contributed by atoms with Gasteiger partial charge >= 0.3 is 0 Å². The van der Waals surface area contributed by atoms with Gasteiger partial charge in [0.2, 0.25) is 0 Å². The van der Waals surface area contributed by atoms with Gasteiger partial charge in [-0.1, -0.05) is 38.1 Å². The van der Waals surface area contributed by atoms with E-state index < -0.39 is 0 Å². The summed E-state index contributed by atoms with van der Waals surface area (Å²) in [4.78, 5) is 0. The van der Waals surface area contributed by atoms with Crippen LogP contribution in [0.2, 0.25) is 0 Å². The van der Waals surface area contributed by atoms with E-state index in [1.54, 1.807) is 0 Å². The lowest BCUT2D eigenvalue weighted by atomic mass is 9.80. The summed E-state index contributed by atoms with van der Waals surface area (Å²) in [7, 11) is 0. The van der Waals surface area contributed by atoms with Crippen LogP contribution < -0.4 is 0 Å². The molecule has 0 saturated heterocycles. The van der Waals surface area contributed by atoms with Gasteiger partial charge in [-0.25, -0.2) is 0 Å². The maximum Gasteiger partial charge on any atom is 0.0636 e. The molecule has 0 saturated carbocycles. The molecule has 1 N–H and O–H groups in total. The van der Waals surface area contributed by atoms with Gasteiger partial charge in [-0.2, -0.15) is 11.8 Å². The summed E-state index contributed by atoms with van der Waals surface area (Å²) in [5, 5.41) is 10.2. The van der Waals surface area contributed by atoms with Crippen molar-refractivity contribution in [3.63, 3.8) is 0 Å². The van der Waals surface area contributed by atoms with Gasteiger partial charge in [0, 0.05) is 5.75 Å². The average molecular weight is 278 g/mol. The van der Waals surface area contributed by atoms with Crippen LogP contribution in [0.25, 0.3) is 0 Å². The molecule has 0 spiro atoms. The molecule has 0 aromatic heterocycles. The molecule has 1 aromatic rings. The first-order valence-corrected chi connectivity index (χ1v) is 8.66. The standard InChI is InChI=1S/C17H26OS/c1-13(2)11-19-12-16(18)10-15-8-5-7-14-6-3-4-9-17(14)15/h3-4,6,9,13,15-16,18H,5,7-8,10-12H2,1-2H3. The summed E-state index contributed by atoms with van der Waals surface area (Å²) in [6.07, 6.45) is 4.50. The highest BCUT2D eigenvalue weighted by Gasteiger charge is 2.22. The fourth-order valence-corrected chi connectivity index (χ4v) is 3.95. The van der Waals surface area contributed by atoms with Gasteiger partial charge in [0.25, 0.3) is 0 Å². The van der Waals surface area contributed by atoms with E-state index in [4.69, 9.17) is 0 Å². The SMILES string of the molecule is CC(C)CSCC(O)CC1CCCc2ccccc21. The van der Waals surface area contributed by atoms with Gasteiger partial charge in [0.05, 0.1) is 6.10 Å². The Morgan fingerprint density at radius 3 is 2.84 bits per heavy atom. The second-order valence-corrected chi connectivity index (χ2v) is 7.18. The number of aryl methyl sites for hydroxylation is 1. The monoisotopic (exact) mass is 278 g/mol. The van der Waals surface area contributed by atoms with Crippen LogP contribution in [0.3, 0.4) is 0 Å². The van der Waals surface area contributed by atoms with Crippen molar-refractivity contribution in [2.24, 2.45) is 5.92 Å². The van der Waals surface area contributed by atoms with Crippen molar-refractivity contribution < 1.29 is 5.11 Å². The minimum Gasteiger partial charge on any atom is -0.392 e. The predicted molar refractivity (Wildman–Crippen MR) is 84.9 cm³/mol. The second-order valence-electron chi connectivity index (χ2n) is 6.11. The van der Waals surface area contributed by atoms with Crippen molar-refractivity contribution in [1.82, 2.24) is 0 Å². The molecule has 1 aliphatic carbocycles. The predicted octanol–water partition coefficient (Wildman–Crippen LogP) is 4.25. The van der Waals surface area contributed by atoms with Crippen LogP contribution in [0, 0.1) is 5.92 Å². The highest BCUT2D eigenvalue weighted by molar-refractivity contribution is 7.99. The summed E-state index contributed by atoms with van der Waals surface area (Å²) in [5.74, 6) is 3.32. The molecule has 0 radical (unpaired) electrons. The van der Waals surface area contributed by atoms with Gasteiger partial charge in [-0.15, -0.1) is 0 Å². The van der Waals surface area contributed by atoms with Gasteiger partial charge < -0.3 is 5.11 Å². The number of benzene rings is 1. The summed E-state index contributed by atoms with van der Waals surface area (Å²) in [5.41, 5.74) is 2.99. The zero-order valence-electron chi connectivity index (χ0n) is 12.1. The Labute approximate surface area is 121 Å². The van der Waals surface area contributed by atoms with E-state index in [2.05, 4.69) is 38.1 Å². The van der Waals surface area contributed by atoms with Crippen molar-refractivity contribution in [3.05, 3.63) is 35.4 Å². The highest BCUT2D eigenvalue weighted by Crippen LogP contribution is 2.35. The Bertz CT molecular complexity index is 389. The minimum atomic E-state index is -0.153. The number of aliphatic hydroxyl groups excluding tert-OH is 1. The van der Waals surface area contributed by atoms with Gasteiger partial charge in [0.15, 0.2) is 0 Å². The maximum atomic E-state index is 10.2. The van der Waals surface area contributed by atoms with E-state index in [9.17, 15) is 5.11 Å². The third-order valence-corrected chi connectivity index (χ3v) is 5.33. The normalized spacial score (nSPS) is 20.3. The van der Waals surface area contributed by atoms with E-state index >= 15 is 0 Å². The summed E-state index contributed by atoms with van der Waals surface area (Å²) in [6.45, 7) is 4.47. The highest BCUT2D eigenvalue weighted by atomic mass is 32.2. The first-order chi connectivity index (χ1) is 9.16. The Morgan fingerprint density at radius 1 is 1.26 bits per heavy atom. The molecule has 1 aromatic carbocycles. The van der Waals surface area contributed by atoms with Crippen LogP contribution in [-0.4, -0.2) is 22.7 Å². The molecular formula is C17H26OS. The summed E-state index contributed by atoms with van der Waals surface area (Å²) >= 11 is 1.89. The summed E-state index contributed by atoms with van der Waals surface area (Å²) in [6, 6.07) is 8.78. The second kappa shape index (κ2) is 7.35. The van der Waals surface area contributed by atoms with Crippen LogP contribution in [0.4, 0.5) is 0 Å². The van der Waals surface area contributed by atoms with Crippen LogP contribution in [0.15, 0.2) is 24.3 Å². The first-order valence-electron chi connectivity index (χ1n) is 7.50. The van der Waals surface area contributed by atoms with Gasteiger partial charge in [-0.05, 0) is 54.4 Å². The fraction of sp³-hybridized carbons (Fsp3) is 0.647. The topological polar surface area (TPSA) is 20.2 Å². The third-order valence-electron chi connectivity index (χ3n) is 3.81. The van der Waals surface area contributed by atoms with Crippen molar-refractivity contribution in [2.45, 2.75) is 51.6 Å². The molecule has 106 valence electrons. The zero-order chi connectivity index (χ0) is 13.7. The van der Waals surface area contributed by atoms with E-state index in [1.807, 2.05) is 11.8 Å². The molecule has 0 fully saturated rings. The van der Waals surface area contributed by atoms with E-state index in [-0.39, 0.29) is 6.10 Å². The molecular weight excluding hydrogens is 252 g/mol. The lowest BCUT2D eigenvalue weighted by Gasteiger charge is -2.27. The number of rotatable bonds is 6. The molecule has 19 heavy (non-hydrogen) atoms. The van der Waals surface area contributed by atoms with Crippen LogP contribution in [0.1, 0.15) is 50.2 Å². The van der Waals surface area contributed by atoms with E-state index in [1.165, 1.54) is 30.4 Å². The van der Waals surface area contributed by atoms with E-state index in [0.29, 0.717) is 11.8 Å². The molecule has 1 nitrogen and oxygen atoms in total.